The number of Topliss-reactive ketones (excluding diaryl/α,β-unsaturated/α-hetero) is 1. The Morgan fingerprint density at radius 2 is 1.82 bits per heavy atom. The molecular weight excluding hydrogens is 284 g/mol. The maximum Gasteiger partial charge on any atom is 0.317 e. The first-order valence-corrected chi connectivity index (χ1v) is 7.59. The summed E-state index contributed by atoms with van der Waals surface area (Å²) in [5, 5.41) is 2.62. The van der Waals surface area contributed by atoms with E-state index in [9.17, 15) is 9.59 Å². The zero-order chi connectivity index (χ0) is 15.5. The second-order valence-corrected chi connectivity index (χ2v) is 5.54. The minimum absolute atomic E-state index is 0.0385. The molecule has 0 bridgehead atoms. The molecule has 1 saturated heterocycles. The zero-order valence-corrected chi connectivity index (χ0v) is 12.6. The second-order valence-electron chi connectivity index (χ2n) is 5.54. The molecule has 0 radical (unpaired) electrons. The number of nitrogens with zero attached hydrogens (tertiary/aromatic N) is 1. The van der Waals surface area contributed by atoms with Gasteiger partial charge >= 0.3 is 6.03 Å². The molecule has 2 aliphatic heterocycles. The first-order valence-electron chi connectivity index (χ1n) is 7.59. The minimum atomic E-state index is -0.0785. The average molecular weight is 304 g/mol. The van der Waals surface area contributed by atoms with Gasteiger partial charge < -0.3 is 19.7 Å². The molecule has 0 aliphatic carbocycles. The van der Waals surface area contributed by atoms with Gasteiger partial charge in [-0.2, -0.15) is 0 Å². The first kappa shape index (κ1) is 14.7. The van der Waals surface area contributed by atoms with Crippen molar-refractivity contribution >= 4 is 11.8 Å². The van der Waals surface area contributed by atoms with Crippen LogP contribution in [0.2, 0.25) is 0 Å². The van der Waals surface area contributed by atoms with Crippen molar-refractivity contribution in [3.05, 3.63) is 23.8 Å². The summed E-state index contributed by atoms with van der Waals surface area (Å²) in [6.07, 6.45) is 1.39. The van der Waals surface area contributed by atoms with Gasteiger partial charge in [-0.25, -0.2) is 4.79 Å². The number of carbonyl (C=O) groups is 2. The Kier molecular flexibility index (Phi) is 4.18. The Morgan fingerprint density at radius 1 is 1.14 bits per heavy atom. The summed E-state index contributed by atoms with van der Waals surface area (Å²) >= 11 is 0. The molecule has 1 aromatic carbocycles. The number of hydrogen-bond acceptors (Lipinski definition) is 4. The number of ketones is 1. The smallest absolute Gasteiger partial charge is 0.317 e. The number of rotatable bonds is 2. The van der Waals surface area contributed by atoms with Crippen LogP contribution in [0.25, 0.3) is 0 Å². The van der Waals surface area contributed by atoms with Crippen LogP contribution >= 0.6 is 0 Å². The molecule has 1 fully saturated rings. The Hall–Kier alpha value is -2.24. The zero-order valence-electron chi connectivity index (χ0n) is 12.6. The van der Waals surface area contributed by atoms with Crippen LogP contribution < -0.4 is 14.8 Å². The number of amides is 2. The molecule has 0 aromatic heterocycles. The molecule has 6 heteroatoms. The van der Waals surface area contributed by atoms with Crippen molar-refractivity contribution in [2.24, 2.45) is 5.92 Å². The highest BCUT2D eigenvalue weighted by Gasteiger charge is 2.28. The number of benzene rings is 1. The number of likely N-dealkylation sites (tertiary alicyclic amines) is 1. The van der Waals surface area contributed by atoms with E-state index in [2.05, 4.69) is 5.32 Å². The monoisotopic (exact) mass is 304 g/mol. The normalized spacial score (nSPS) is 18.0. The van der Waals surface area contributed by atoms with Crippen molar-refractivity contribution in [1.82, 2.24) is 10.2 Å². The lowest BCUT2D eigenvalue weighted by Gasteiger charge is -2.31. The van der Waals surface area contributed by atoms with Crippen LogP contribution in [0.3, 0.4) is 0 Å². The predicted octanol–water partition coefficient (Wildman–Crippen LogP) is 1.69. The Morgan fingerprint density at radius 3 is 2.50 bits per heavy atom. The van der Waals surface area contributed by atoms with E-state index < -0.39 is 0 Å². The van der Waals surface area contributed by atoms with Gasteiger partial charge in [-0.1, -0.05) is 0 Å². The van der Waals surface area contributed by atoms with E-state index in [1.165, 1.54) is 0 Å². The summed E-state index contributed by atoms with van der Waals surface area (Å²) in [5.74, 6) is 1.41. The molecule has 0 spiro atoms. The van der Waals surface area contributed by atoms with E-state index in [0.717, 1.165) is 0 Å². The summed E-state index contributed by atoms with van der Waals surface area (Å²) in [6, 6.07) is 5.27. The molecule has 2 amide bonds. The van der Waals surface area contributed by atoms with Crippen molar-refractivity contribution in [2.45, 2.75) is 12.8 Å². The fraction of sp³-hybridized carbons (Fsp3) is 0.500. The summed E-state index contributed by atoms with van der Waals surface area (Å²) in [7, 11) is 1.62. The van der Waals surface area contributed by atoms with Crippen LogP contribution in [-0.4, -0.2) is 50.1 Å². The van der Waals surface area contributed by atoms with E-state index in [1.807, 2.05) is 0 Å². The van der Waals surface area contributed by atoms with Crippen LogP contribution in [0.1, 0.15) is 23.2 Å². The van der Waals surface area contributed by atoms with Crippen LogP contribution in [0.15, 0.2) is 18.2 Å². The highest BCUT2D eigenvalue weighted by atomic mass is 16.6. The lowest BCUT2D eigenvalue weighted by Crippen LogP contribution is -2.44. The third-order valence-electron chi connectivity index (χ3n) is 4.19. The molecule has 22 heavy (non-hydrogen) atoms. The van der Waals surface area contributed by atoms with Gasteiger partial charge in [-0.3, -0.25) is 4.79 Å². The Labute approximate surface area is 129 Å². The van der Waals surface area contributed by atoms with Crippen molar-refractivity contribution in [3.8, 4) is 11.5 Å². The molecule has 6 nitrogen and oxygen atoms in total. The van der Waals surface area contributed by atoms with E-state index in [-0.39, 0.29) is 17.7 Å². The highest BCUT2D eigenvalue weighted by molar-refractivity contribution is 5.98. The molecule has 0 unspecified atom stereocenters. The van der Waals surface area contributed by atoms with E-state index in [1.54, 1.807) is 30.1 Å². The van der Waals surface area contributed by atoms with Crippen LogP contribution in [0, 0.1) is 5.92 Å². The number of ether oxygens (including phenoxy) is 2. The SMILES string of the molecule is CNC(=O)N1CCC(C(=O)c2ccc3c(c2)OCCO3)CC1. The maximum atomic E-state index is 12.6. The molecule has 1 aromatic rings. The Balaban J connectivity index is 1.66. The number of nitrogens with one attached hydrogen (secondary N) is 1. The number of urea groups is 1. The molecule has 2 aliphatic rings. The average Bonchev–Trinajstić information content (AvgIpc) is 2.60. The number of carbonyl (C=O) groups excluding carboxylic acids is 2. The van der Waals surface area contributed by atoms with Crippen LogP contribution in [0.5, 0.6) is 11.5 Å². The summed E-state index contributed by atoms with van der Waals surface area (Å²) in [5.41, 5.74) is 0.655. The fourth-order valence-electron chi connectivity index (χ4n) is 2.94. The Bertz CT molecular complexity index is 580. The van der Waals surface area contributed by atoms with Crippen molar-refractivity contribution in [3.63, 3.8) is 0 Å². The van der Waals surface area contributed by atoms with Gasteiger partial charge in [0.05, 0.1) is 0 Å². The molecule has 0 atom stereocenters. The van der Waals surface area contributed by atoms with Crippen LogP contribution in [-0.2, 0) is 0 Å². The third kappa shape index (κ3) is 2.86. The van der Waals surface area contributed by atoms with Gasteiger partial charge in [0, 0.05) is 31.6 Å². The largest absolute Gasteiger partial charge is 0.486 e. The van der Waals surface area contributed by atoms with Gasteiger partial charge in [-0.15, -0.1) is 0 Å². The fourth-order valence-corrected chi connectivity index (χ4v) is 2.94. The summed E-state index contributed by atoms with van der Waals surface area (Å²) in [6.45, 7) is 2.27. The van der Waals surface area contributed by atoms with Gasteiger partial charge in [-0.05, 0) is 31.0 Å². The topological polar surface area (TPSA) is 67.9 Å². The second kappa shape index (κ2) is 6.25. The molecular formula is C16H20N2O4. The third-order valence-corrected chi connectivity index (χ3v) is 4.19. The van der Waals surface area contributed by atoms with Crippen molar-refractivity contribution < 1.29 is 19.1 Å². The number of piperidine rings is 1. The van der Waals surface area contributed by atoms with E-state index in [4.69, 9.17) is 9.47 Å². The minimum Gasteiger partial charge on any atom is -0.486 e. The van der Waals surface area contributed by atoms with Gasteiger partial charge in [0.2, 0.25) is 0 Å². The molecule has 2 heterocycles. The summed E-state index contributed by atoms with van der Waals surface area (Å²) < 4.78 is 11.0. The quantitative estimate of drug-likeness (QED) is 0.844. The van der Waals surface area contributed by atoms with E-state index >= 15 is 0 Å². The lowest BCUT2D eigenvalue weighted by molar-refractivity contribution is 0.0854. The summed E-state index contributed by atoms with van der Waals surface area (Å²) in [4.78, 5) is 25.9. The van der Waals surface area contributed by atoms with Crippen molar-refractivity contribution in [1.29, 1.82) is 0 Å². The van der Waals surface area contributed by atoms with Gasteiger partial charge in [0.1, 0.15) is 13.2 Å². The maximum absolute atomic E-state index is 12.6. The molecule has 0 saturated carbocycles. The molecule has 3 rings (SSSR count). The standard InChI is InChI=1S/C16H20N2O4/c1-17-16(20)18-6-4-11(5-7-18)15(19)12-2-3-13-14(10-12)22-9-8-21-13/h2-3,10-11H,4-9H2,1H3,(H,17,20). The molecule has 118 valence electrons. The van der Waals surface area contributed by atoms with Crippen molar-refractivity contribution in [2.75, 3.05) is 33.4 Å². The molecule has 1 N–H and O–H groups in total. The van der Waals surface area contributed by atoms with Gasteiger partial charge in [0.15, 0.2) is 17.3 Å². The first-order chi connectivity index (χ1) is 10.7. The van der Waals surface area contributed by atoms with Gasteiger partial charge in [0.25, 0.3) is 0 Å². The highest BCUT2D eigenvalue weighted by Crippen LogP contribution is 2.32. The predicted molar refractivity (Wildman–Crippen MR) is 80.5 cm³/mol. The van der Waals surface area contributed by atoms with E-state index in [0.29, 0.717) is 56.2 Å². The lowest BCUT2D eigenvalue weighted by atomic mass is 9.89. The number of hydrogen-bond donors (Lipinski definition) is 1. The van der Waals surface area contributed by atoms with Crippen LogP contribution in [0.4, 0.5) is 4.79 Å². The number of fused-ring (bicyclic) bond motifs is 1.